The van der Waals surface area contributed by atoms with Gasteiger partial charge in [-0.25, -0.2) is 31.6 Å². The minimum atomic E-state index is -3.90. The van der Waals surface area contributed by atoms with Crippen molar-refractivity contribution in [2.24, 2.45) is 45.0 Å². The van der Waals surface area contributed by atoms with Crippen LogP contribution in [0.5, 0.6) is 0 Å². The van der Waals surface area contributed by atoms with E-state index in [0.29, 0.717) is 56.1 Å². The number of aliphatic hydroxyl groups excluding tert-OH is 1. The zero-order valence-electron chi connectivity index (χ0n) is 49.3. The normalized spacial score (nSPS) is 32.0. The first-order chi connectivity index (χ1) is 39.7. The first kappa shape index (κ1) is 67.3. The van der Waals surface area contributed by atoms with Gasteiger partial charge < -0.3 is 30.7 Å². The van der Waals surface area contributed by atoms with Crippen molar-refractivity contribution in [1.82, 2.24) is 35.2 Å². The number of Topliss-reactive ketones (excluding diaryl/α,β-unsaturated/α-hetero) is 2. The minimum Gasteiger partial charge on any atom is -0.444 e. The van der Waals surface area contributed by atoms with Gasteiger partial charge in [-0.2, -0.15) is 0 Å². The van der Waals surface area contributed by atoms with E-state index in [9.17, 15) is 59.9 Å². The number of benzene rings is 1. The number of ether oxygens (including phenoxy) is 1. The average molecular weight is 1240 g/mol. The smallest absolute Gasteiger partial charge is 0.444 e. The van der Waals surface area contributed by atoms with Crippen molar-refractivity contribution in [2.45, 2.75) is 203 Å². The Morgan fingerprint density at radius 1 is 0.718 bits per heavy atom. The number of rotatable bonds is 10. The average Bonchev–Trinajstić information content (AvgIpc) is 1.75. The Bertz CT molecular complexity index is 3030. The largest absolute Gasteiger partial charge is 1.00 e. The molecule has 85 heavy (non-hydrogen) atoms. The number of fused-ring (bicyclic) bond motifs is 5. The molecule has 5 amide bonds. The first-order valence-corrected chi connectivity index (χ1v) is 32.4. The molecule has 10 rings (SSSR count). The fourth-order valence-electron chi connectivity index (χ4n) is 12.4. The molecule has 4 aliphatic carbocycles. The summed E-state index contributed by atoms with van der Waals surface area (Å²) in [7, 11) is -7.71. The second-order valence-corrected chi connectivity index (χ2v) is 29.6. The molecular formula is C57H80FN10NaO14S2. The summed E-state index contributed by atoms with van der Waals surface area (Å²) in [5.74, 6) is -3.70. The van der Waals surface area contributed by atoms with Crippen molar-refractivity contribution in [2.75, 3.05) is 13.1 Å². The predicted molar refractivity (Wildman–Crippen MR) is 303 cm³/mol. The monoisotopic (exact) mass is 1230 g/mol. The molecule has 24 nitrogen and oxygen atoms in total. The summed E-state index contributed by atoms with van der Waals surface area (Å²) < 4.78 is 74.1. The van der Waals surface area contributed by atoms with Gasteiger partial charge in [-0.05, 0) is 114 Å². The number of allylic oxidation sites excluding steroid dienone is 4. The molecule has 0 unspecified atom stereocenters. The summed E-state index contributed by atoms with van der Waals surface area (Å²) in [4.78, 5) is 108. The maximum Gasteiger partial charge on any atom is 1.00 e. The summed E-state index contributed by atoms with van der Waals surface area (Å²) in [5.41, 5.74) is 9.53. The molecule has 10 atom stereocenters. The van der Waals surface area contributed by atoms with E-state index < -0.39 is 82.6 Å². The van der Waals surface area contributed by atoms with Crippen molar-refractivity contribution < 1.29 is 94.2 Å². The van der Waals surface area contributed by atoms with Gasteiger partial charge in [0.1, 0.15) is 11.9 Å². The fourth-order valence-corrected chi connectivity index (χ4v) is 15.0. The van der Waals surface area contributed by atoms with Gasteiger partial charge in [0.15, 0.2) is 11.6 Å². The molecule has 462 valence electrons. The van der Waals surface area contributed by atoms with Crippen LogP contribution < -0.4 is 50.1 Å². The third-order valence-electron chi connectivity index (χ3n) is 18.9. The van der Waals surface area contributed by atoms with Crippen molar-refractivity contribution in [3.63, 3.8) is 0 Å². The Morgan fingerprint density at radius 3 is 1.67 bits per heavy atom. The maximum atomic E-state index is 14.3. The molecular weight excluding hydrogens is 1150 g/mol. The van der Waals surface area contributed by atoms with Crippen LogP contribution in [-0.4, -0.2) is 125 Å². The number of hydrogen-bond acceptors (Lipinski definition) is 16. The van der Waals surface area contributed by atoms with Crippen LogP contribution in [0.25, 0.3) is 5.53 Å². The minimum absolute atomic E-state index is 0. The number of nitrogens with one attached hydrogen (secondary N) is 4. The van der Waals surface area contributed by atoms with Crippen LogP contribution in [0.15, 0.2) is 53.0 Å². The van der Waals surface area contributed by atoms with Crippen LogP contribution in [0, 0.1) is 45.2 Å². The zero-order valence-corrected chi connectivity index (χ0v) is 52.9. The van der Waals surface area contributed by atoms with Gasteiger partial charge in [-0.1, -0.05) is 76.0 Å². The molecule has 1 aromatic carbocycles. The maximum absolute atomic E-state index is 14.3. The van der Waals surface area contributed by atoms with Crippen molar-refractivity contribution in [3.8, 4) is 0 Å². The summed E-state index contributed by atoms with van der Waals surface area (Å²) in [6.45, 7) is 7.36. The summed E-state index contributed by atoms with van der Waals surface area (Å²) in [6, 6.07) is 3.03. The molecule has 0 spiro atoms. The second kappa shape index (κ2) is 27.4. The van der Waals surface area contributed by atoms with Crippen LogP contribution >= 0.6 is 0 Å². The first-order valence-electron chi connectivity index (χ1n) is 29.4. The SMILES string of the molecule is C[C@H]1CCCCC/C=C\[C@@H]2C[C@@]2(C(=O)NS(=O)(=O)C2(C)CC2)CC(=O)[C@@H]2C[C@@H](O)CN2C1=O.C[C@H]1CCCCC/C=C\[C@@H]2C[C@@]2(C(=O)NS(=O)(=O)C2(C)CC2)CC(=O)[C@@H]2C[C@@H](OC(=O)N3Cc4cccc(F)c4C3)CN2C1=O.[N-]=NNNN=O.[Na+]. The van der Waals surface area contributed by atoms with Crippen LogP contribution in [0.3, 0.4) is 0 Å². The van der Waals surface area contributed by atoms with Gasteiger partial charge in [-0.15, -0.1) is 4.91 Å². The van der Waals surface area contributed by atoms with E-state index in [-0.39, 0.29) is 134 Å². The number of amides is 5. The number of carbonyl (C=O) groups is 7. The molecule has 5 aliphatic heterocycles. The number of sulfonamides is 2. The molecule has 6 fully saturated rings. The molecule has 2 saturated heterocycles. The van der Waals surface area contributed by atoms with E-state index in [1.54, 1.807) is 37.0 Å². The standard InChI is InChI=1S/C33H42FN3O7S.C24H36N2O6S.H2N5O.Na/c1-21-9-6-4-3-5-7-11-23-16-33(23,30(40)35-45(42,43)32(2)13-14-32)17-28(38)27-15-24(19-37(27)29(21)39)44-31(41)36-18-22-10-8-12-26(34)25(22)20-36;1-16-8-6-4-3-5-7-9-17-13-24(17,22(30)25-33(31,32)23(2)10-11-23)14-20(28)19-12-18(27)15-26(19)21(16)29;1-2-3-4-5-6;/h7-8,10-12,21,23-24,27H,3-6,9,13-20H2,1-2H3,(H,35,40);7,9,16-19,27H,3-6,8,10-15H2,1-2H3,(H,25,30);(H2-,1,2,3,4,5,6);/q;;-1;+1/b11-7-;9-7-;;/t21-,23+,24+,27-,33+;16-,17+,18+,19-,24+;;/m00../s1. The molecule has 5 N–H and O–H groups in total. The number of aliphatic hydroxyl groups is 1. The van der Waals surface area contributed by atoms with E-state index in [0.717, 1.165) is 57.8 Å². The summed E-state index contributed by atoms with van der Waals surface area (Å²) in [5, 5.41) is 14.6. The molecule has 5 heterocycles. The van der Waals surface area contributed by atoms with Crippen LogP contribution in [-0.2, 0) is 66.6 Å². The summed E-state index contributed by atoms with van der Waals surface area (Å²) in [6.07, 6.45) is 17.0. The van der Waals surface area contributed by atoms with E-state index in [2.05, 4.69) is 20.0 Å². The number of ketones is 2. The Morgan fingerprint density at radius 2 is 1.21 bits per heavy atom. The predicted octanol–water partition coefficient (Wildman–Crippen LogP) is 3.14. The van der Waals surface area contributed by atoms with Crippen molar-refractivity contribution >= 4 is 61.3 Å². The van der Waals surface area contributed by atoms with Crippen LogP contribution in [0.1, 0.15) is 167 Å². The molecule has 0 aromatic heterocycles. The topological polar surface area (TPSA) is 339 Å². The number of carbonyl (C=O) groups excluding carboxylic acids is 7. The Hall–Kier alpha value is -5.22. The van der Waals surface area contributed by atoms with E-state index in [1.807, 2.05) is 38.2 Å². The quantitative estimate of drug-likeness (QED) is 0.0561. The summed E-state index contributed by atoms with van der Waals surface area (Å²) >= 11 is 0. The number of halogens is 1. The van der Waals surface area contributed by atoms with E-state index in [4.69, 9.17) is 15.2 Å². The van der Waals surface area contributed by atoms with Gasteiger partial charge in [0.05, 0.1) is 56.9 Å². The van der Waals surface area contributed by atoms with E-state index in [1.165, 1.54) is 20.8 Å². The zero-order chi connectivity index (χ0) is 61.0. The van der Waals surface area contributed by atoms with Gasteiger partial charge >= 0.3 is 35.7 Å². The van der Waals surface area contributed by atoms with Gasteiger partial charge in [0.2, 0.25) is 43.7 Å². The van der Waals surface area contributed by atoms with Gasteiger partial charge in [0, 0.05) is 56.2 Å². The molecule has 9 aliphatic rings. The Kier molecular flexibility index (Phi) is 21.7. The van der Waals surface area contributed by atoms with Gasteiger partial charge in [-0.3, -0.25) is 48.3 Å². The number of nitroso groups, excluding NO2 is 1. The fraction of sp³-hybridized carbons (Fsp3) is 0.702. The van der Waals surface area contributed by atoms with Crippen LogP contribution in [0.2, 0.25) is 0 Å². The van der Waals surface area contributed by atoms with Gasteiger partial charge in [0.25, 0.3) is 0 Å². The second-order valence-electron chi connectivity index (χ2n) is 25.2. The molecule has 4 saturated carbocycles. The molecule has 0 radical (unpaired) electrons. The third-order valence-corrected chi connectivity index (χ3v) is 23.2. The van der Waals surface area contributed by atoms with Crippen molar-refractivity contribution in [1.29, 1.82) is 0 Å². The third kappa shape index (κ3) is 15.4. The Labute approximate surface area is 518 Å². The molecule has 0 bridgehead atoms. The number of nitrogens with zero attached hydrogens (tertiary/aromatic N) is 6. The van der Waals surface area contributed by atoms with Crippen LogP contribution in [0.4, 0.5) is 9.18 Å². The molecule has 28 heteroatoms. The van der Waals surface area contributed by atoms with Crippen molar-refractivity contribution in [3.05, 3.63) is 69.9 Å². The molecule has 1 aromatic rings. The van der Waals surface area contributed by atoms with E-state index >= 15 is 0 Å². The number of hydrazine groups is 1. The number of hydrogen-bond donors (Lipinski definition) is 5. The Balaban J connectivity index is 0.000000228.